The van der Waals surface area contributed by atoms with E-state index in [9.17, 15) is 18.5 Å². The zero-order chi connectivity index (χ0) is 24.0. The molecule has 0 aromatic heterocycles. The van der Waals surface area contributed by atoms with Gasteiger partial charge in [-0.25, -0.2) is 8.42 Å². The lowest BCUT2D eigenvalue weighted by atomic mass is 9.94. The van der Waals surface area contributed by atoms with Crippen molar-refractivity contribution < 1.29 is 13.2 Å². The third-order valence-electron chi connectivity index (χ3n) is 6.07. The predicted molar refractivity (Wildman–Crippen MR) is 129 cm³/mol. The predicted octanol–water partition coefficient (Wildman–Crippen LogP) is 4.91. The van der Waals surface area contributed by atoms with Crippen LogP contribution in [0.2, 0.25) is 5.02 Å². The number of benzene rings is 2. The third-order valence-corrected chi connectivity index (χ3v) is 8.28. The lowest BCUT2D eigenvalue weighted by Crippen LogP contribution is -2.43. The molecule has 8 heteroatoms. The molecule has 1 unspecified atom stereocenters. The topological polar surface area (TPSA) is 90.3 Å². The quantitative estimate of drug-likeness (QED) is 0.573. The van der Waals surface area contributed by atoms with Crippen LogP contribution >= 0.6 is 11.6 Å². The van der Waals surface area contributed by atoms with Crippen LogP contribution in [0.15, 0.2) is 53.4 Å². The highest BCUT2D eigenvalue weighted by Gasteiger charge is 2.33. The number of rotatable bonds is 8. The van der Waals surface area contributed by atoms with E-state index in [1.807, 2.05) is 30.3 Å². The van der Waals surface area contributed by atoms with Gasteiger partial charge in [-0.15, -0.1) is 0 Å². The second-order valence-electron chi connectivity index (χ2n) is 8.87. The van der Waals surface area contributed by atoms with Crippen LogP contribution in [-0.4, -0.2) is 31.7 Å². The monoisotopic (exact) mass is 487 g/mol. The van der Waals surface area contributed by atoms with Gasteiger partial charge >= 0.3 is 0 Å². The van der Waals surface area contributed by atoms with Crippen molar-refractivity contribution in [3.8, 4) is 6.07 Å². The van der Waals surface area contributed by atoms with Gasteiger partial charge in [0.2, 0.25) is 15.9 Å². The van der Waals surface area contributed by atoms with Crippen molar-refractivity contribution in [1.82, 2.24) is 9.62 Å². The van der Waals surface area contributed by atoms with Crippen LogP contribution in [0.1, 0.15) is 56.7 Å². The van der Waals surface area contributed by atoms with Gasteiger partial charge in [0.1, 0.15) is 6.07 Å². The Morgan fingerprint density at radius 1 is 1.12 bits per heavy atom. The normalized spacial score (nSPS) is 16.3. The number of hydrogen-bond donors (Lipinski definition) is 1. The van der Waals surface area contributed by atoms with E-state index in [-0.39, 0.29) is 41.4 Å². The van der Waals surface area contributed by atoms with Crippen molar-refractivity contribution in [2.75, 3.05) is 13.1 Å². The van der Waals surface area contributed by atoms with Crippen LogP contribution < -0.4 is 5.32 Å². The Kier molecular flexibility index (Phi) is 8.52. The van der Waals surface area contributed by atoms with E-state index in [1.165, 1.54) is 16.4 Å². The van der Waals surface area contributed by atoms with Crippen LogP contribution in [0.3, 0.4) is 0 Å². The molecule has 0 aliphatic carbocycles. The number of amides is 1. The van der Waals surface area contributed by atoms with Crippen molar-refractivity contribution >= 4 is 27.5 Å². The average molecular weight is 488 g/mol. The van der Waals surface area contributed by atoms with Crippen LogP contribution in [0.5, 0.6) is 0 Å². The van der Waals surface area contributed by atoms with E-state index >= 15 is 0 Å². The fraction of sp³-hybridized carbons (Fsp3) is 0.440. The highest BCUT2D eigenvalue weighted by molar-refractivity contribution is 7.89. The highest BCUT2D eigenvalue weighted by Crippen LogP contribution is 2.28. The largest absolute Gasteiger partial charge is 0.349 e. The molecule has 176 valence electrons. The summed E-state index contributed by atoms with van der Waals surface area (Å²) in [6.07, 6.45) is 2.68. The van der Waals surface area contributed by atoms with Gasteiger partial charge in [-0.05, 0) is 61.4 Å². The summed E-state index contributed by atoms with van der Waals surface area (Å²) in [6, 6.07) is 15.6. The number of hydrogen-bond acceptors (Lipinski definition) is 4. The lowest BCUT2D eigenvalue weighted by Gasteiger charge is -2.32. The molecular formula is C25H30ClN3O3S. The Hall–Kier alpha value is -2.40. The number of halogens is 1. The highest BCUT2D eigenvalue weighted by atomic mass is 35.5. The van der Waals surface area contributed by atoms with Crippen molar-refractivity contribution in [3.63, 3.8) is 0 Å². The first-order valence-corrected chi connectivity index (χ1v) is 13.1. The SMILES string of the molecule is CC(C)CCC(NC(=O)C1CCN(S(=O)(=O)c2ccccc2C#N)CC1)c1ccc(Cl)cc1. The molecule has 33 heavy (non-hydrogen) atoms. The number of nitrogens with zero attached hydrogens (tertiary/aromatic N) is 2. The van der Waals surface area contributed by atoms with E-state index in [4.69, 9.17) is 11.6 Å². The summed E-state index contributed by atoms with van der Waals surface area (Å²) < 4.78 is 27.5. The lowest BCUT2D eigenvalue weighted by molar-refractivity contribution is -0.127. The second-order valence-corrected chi connectivity index (χ2v) is 11.2. The maximum absolute atomic E-state index is 13.1. The summed E-state index contributed by atoms with van der Waals surface area (Å²) in [7, 11) is -3.78. The van der Waals surface area contributed by atoms with Gasteiger partial charge in [0.15, 0.2) is 0 Å². The zero-order valence-electron chi connectivity index (χ0n) is 19.0. The Bertz CT molecular complexity index is 1100. The molecule has 1 fully saturated rings. The maximum Gasteiger partial charge on any atom is 0.244 e. The van der Waals surface area contributed by atoms with E-state index in [0.717, 1.165) is 18.4 Å². The number of nitriles is 1. The van der Waals surface area contributed by atoms with E-state index < -0.39 is 10.0 Å². The molecule has 0 radical (unpaired) electrons. The minimum absolute atomic E-state index is 0.0203. The number of carbonyl (C=O) groups excluding carboxylic acids is 1. The Morgan fingerprint density at radius 3 is 2.36 bits per heavy atom. The molecular weight excluding hydrogens is 458 g/mol. The first kappa shape index (κ1) is 25.2. The molecule has 0 spiro atoms. The summed E-state index contributed by atoms with van der Waals surface area (Å²) in [5, 5.41) is 13.1. The Labute approximate surface area is 201 Å². The summed E-state index contributed by atoms with van der Waals surface area (Å²) >= 11 is 6.03. The van der Waals surface area contributed by atoms with Crippen molar-refractivity contribution in [1.29, 1.82) is 5.26 Å². The van der Waals surface area contributed by atoms with Gasteiger partial charge in [-0.2, -0.15) is 9.57 Å². The molecule has 1 saturated heterocycles. The number of piperidine rings is 1. The van der Waals surface area contributed by atoms with E-state index in [0.29, 0.717) is 23.8 Å². The molecule has 0 saturated carbocycles. The second kappa shape index (κ2) is 11.1. The summed E-state index contributed by atoms with van der Waals surface area (Å²) in [5.74, 6) is 0.214. The van der Waals surface area contributed by atoms with Crippen molar-refractivity contribution in [3.05, 3.63) is 64.7 Å². The molecule has 1 atom stereocenters. The molecule has 2 aromatic rings. The van der Waals surface area contributed by atoms with Crippen LogP contribution in [0, 0.1) is 23.2 Å². The Morgan fingerprint density at radius 2 is 1.76 bits per heavy atom. The van der Waals surface area contributed by atoms with Gasteiger partial charge in [0.25, 0.3) is 0 Å². The standard InChI is InChI=1S/C25H30ClN3O3S/c1-18(2)7-12-23(19-8-10-22(26)11-9-19)28-25(30)20-13-15-29(16-14-20)33(31,32)24-6-4-3-5-21(24)17-27/h3-6,8-11,18,20,23H,7,12-16H2,1-2H3,(H,28,30). The molecule has 3 rings (SSSR count). The molecule has 6 nitrogen and oxygen atoms in total. The average Bonchev–Trinajstić information content (AvgIpc) is 2.82. The number of sulfonamides is 1. The van der Waals surface area contributed by atoms with Gasteiger partial charge in [0, 0.05) is 24.0 Å². The van der Waals surface area contributed by atoms with E-state index in [1.54, 1.807) is 12.1 Å². The number of carbonyl (C=O) groups is 1. The molecule has 2 aromatic carbocycles. The van der Waals surface area contributed by atoms with Gasteiger partial charge < -0.3 is 5.32 Å². The van der Waals surface area contributed by atoms with Gasteiger partial charge in [-0.1, -0.05) is 49.7 Å². The summed E-state index contributed by atoms with van der Waals surface area (Å²) in [5.41, 5.74) is 1.15. The van der Waals surface area contributed by atoms with Crippen molar-refractivity contribution in [2.45, 2.75) is 50.5 Å². The fourth-order valence-corrected chi connectivity index (χ4v) is 5.83. The van der Waals surface area contributed by atoms with Crippen LogP contribution in [0.25, 0.3) is 0 Å². The molecule has 0 bridgehead atoms. The van der Waals surface area contributed by atoms with Gasteiger partial charge in [0.05, 0.1) is 16.5 Å². The van der Waals surface area contributed by atoms with Crippen LogP contribution in [-0.2, 0) is 14.8 Å². The molecule has 1 amide bonds. The number of nitrogens with one attached hydrogen (secondary N) is 1. The summed E-state index contributed by atoms with van der Waals surface area (Å²) in [6.45, 7) is 4.80. The summed E-state index contributed by atoms with van der Waals surface area (Å²) in [4.78, 5) is 13.1. The Balaban J connectivity index is 1.66. The smallest absolute Gasteiger partial charge is 0.244 e. The van der Waals surface area contributed by atoms with Crippen molar-refractivity contribution in [2.24, 2.45) is 11.8 Å². The molecule has 1 aliphatic heterocycles. The third kappa shape index (κ3) is 6.35. The van der Waals surface area contributed by atoms with Gasteiger partial charge in [-0.3, -0.25) is 4.79 Å². The molecule has 1 aliphatic rings. The fourth-order valence-electron chi connectivity index (χ4n) is 4.09. The van der Waals surface area contributed by atoms with Crippen LogP contribution in [0.4, 0.5) is 0 Å². The minimum atomic E-state index is -3.78. The molecule has 1 N–H and O–H groups in total. The molecule has 1 heterocycles. The minimum Gasteiger partial charge on any atom is -0.349 e. The van der Waals surface area contributed by atoms with E-state index in [2.05, 4.69) is 19.2 Å². The first-order valence-electron chi connectivity index (χ1n) is 11.3. The maximum atomic E-state index is 13.1. The first-order chi connectivity index (χ1) is 15.7. The zero-order valence-corrected chi connectivity index (χ0v) is 20.6.